The van der Waals surface area contributed by atoms with Crippen molar-refractivity contribution in [2.24, 2.45) is 0 Å². The smallest absolute Gasteiger partial charge is 0.255 e. The summed E-state index contributed by atoms with van der Waals surface area (Å²) in [4.78, 5) is 17.2. The van der Waals surface area contributed by atoms with E-state index >= 15 is 0 Å². The number of hydrogen-bond donors (Lipinski definition) is 1. The average molecular weight is 413 g/mol. The Morgan fingerprint density at radius 1 is 0.968 bits per heavy atom. The number of carbonyl (C=O) groups excluding carboxylic acids is 1. The van der Waals surface area contributed by atoms with E-state index in [0.29, 0.717) is 17.9 Å². The lowest BCUT2D eigenvalue weighted by Crippen LogP contribution is -2.14. The van der Waals surface area contributed by atoms with Crippen molar-refractivity contribution in [3.63, 3.8) is 0 Å². The van der Waals surface area contributed by atoms with Crippen molar-refractivity contribution < 1.29 is 9.21 Å². The molecule has 4 nitrogen and oxygen atoms in total. The summed E-state index contributed by atoms with van der Waals surface area (Å²) in [5.74, 6) is 0.581. The molecular weight excluding hydrogens is 384 g/mol. The molecule has 31 heavy (non-hydrogen) atoms. The van der Waals surface area contributed by atoms with E-state index in [1.54, 1.807) is 0 Å². The fourth-order valence-electron chi connectivity index (χ4n) is 3.70. The third-order valence-corrected chi connectivity index (χ3v) is 5.44. The van der Waals surface area contributed by atoms with Gasteiger partial charge in [-0.3, -0.25) is 4.79 Å². The number of carbonyl (C=O) groups is 1. The Labute approximate surface area is 183 Å². The molecule has 1 amide bonds. The Kier molecular flexibility index (Phi) is 5.40. The number of hydrogen-bond acceptors (Lipinski definition) is 3. The molecule has 1 aromatic heterocycles. The van der Waals surface area contributed by atoms with Crippen LogP contribution in [0.4, 0.5) is 5.69 Å². The number of amides is 1. The number of oxazole rings is 1. The average Bonchev–Trinajstić information content (AvgIpc) is 3.11. The Morgan fingerprint density at radius 3 is 2.29 bits per heavy atom. The van der Waals surface area contributed by atoms with Crippen LogP contribution in [0.3, 0.4) is 0 Å². The fourth-order valence-corrected chi connectivity index (χ4v) is 3.70. The largest absolute Gasteiger partial charge is 0.440 e. The van der Waals surface area contributed by atoms with E-state index in [0.717, 1.165) is 27.9 Å². The van der Waals surface area contributed by atoms with E-state index in [1.165, 1.54) is 11.1 Å². The molecule has 3 aromatic carbocycles. The summed E-state index contributed by atoms with van der Waals surface area (Å²) < 4.78 is 5.96. The second-order valence-corrected chi connectivity index (χ2v) is 9.19. The molecule has 0 saturated heterocycles. The lowest BCUT2D eigenvalue weighted by atomic mass is 9.87. The minimum absolute atomic E-state index is 0.0665. The zero-order chi connectivity index (χ0) is 22.2. The maximum absolute atomic E-state index is 12.6. The van der Waals surface area contributed by atoms with Gasteiger partial charge in [0, 0.05) is 17.7 Å². The molecule has 4 heteroatoms. The Balaban J connectivity index is 1.43. The van der Waals surface area contributed by atoms with Crippen LogP contribution in [-0.2, 0) is 11.8 Å². The predicted molar refractivity (Wildman–Crippen MR) is 126 cm³/mol. The van der Waals surface area contributed by atoms with Gasteiger partial charge in [-0.15, -0.1) is 0 Å². The third-order valence-electron chi connectivity index (χ3n) is 5.44. The highest BCUT2D eigenvalue weighted by Crippen LogP contribution is 2.24. The lowest BCUT2D eigenvalue weighted by Gasteiger charge is -2.19. The van der Waals surface area contributed by atoms with Crippen LogP contribution >= 0.6 is 0 Å². The van der Waals surface area contributed by atoms with E-state index in [-0.39, 0.29) is 11.3 Å². The molecule has 0 bridgehead atoms. The quantitative estimate of drug-likeness (QED) is 0.412. The van der Waals surface area contributed by atoms with Gasteiger partial charge in [0.2, 0.25) is 0 Å². The molecule has 0 aliphatic rings. The van der Waals surface area contributed by atoms with Gasteiger partial charge in [0.15, 0.2) is 11.5 Å². The van der Waals surface area contributed by atoms with Crippen LogP contribution in [-0.4, -0.2) is 10.9 Å². The van der Waals surface area contributed by atoms with E-state index < -0.39 is 0 Å². The van der Waals surface area contributed by atoms with Crippen molar-refractivity contribution in [2.45, 2.75) is 46.5 Å². The predicted octanol–water partition coefficient (Wildman–Crippen LogP) is 6.59. The fraction of sp³-hybridized carbons (Fsp3) is 0.259. The summed E-state index contributed by atoms with van der Waals surface area (Å²) in [6.07, 6.45) is 0.607. The lowest BCUT2D eigenvalue weighted by molar-refractivity contribution is 0.102. The first kappa shape index (κ1) is 20.9. The molecular formula is C27H28N2O2. The molecule has 1 heterocycles. The molecule has 4 aromatic rings. The molecule has 0 unspecified atom stereocenters. The topological polar surface area (TPSA) is 55.1 Å². The molecule has 0 atom stereocenters. The number of rotatable bonds is 4. The monoisotopic (exact) mass is 412 g/mol. The van der Waals surface area contributed by atoms with Crippen molar-refractivity contribution in [3.8, 4) is 0 Å². The highest BCUT2D eigenvalue weighted by molar-refractivity contribution is 6.04. The summed E-state index contributed by atoms with van der Waals surface area (Å²) in [5, 5.41) is 2.96. The molecule has 4 rings (SSSR count). The maximum Gasteiger partial charge on any atom is 0.255 e. The van der Waals surface area contributed by atoms with Gasteiger partial charge in [-0.25, -0.2) is 4.98 Å². The van der Waals surface area contributed by atoms with Gasteiger partial charge in [-0.1, -0.05) is 51.1 Å². The van der Waals surface area contributed by atoms with Crippen LogP contribution in [0.2, 0.25) is 0 Å². The summed E-state index contributed by atoms with van der Waals surface area (Å²) >= 11 is 0. The standard InChI is InChI=1S/C27H28N2O2/c1-17-14-18(2)25-23(15-17)29-24(31-25)16-19-6-12-22(13-7-19)28-26(30)20-8-10-21(11-9-20)27(3,4)5/h6-15H,16H2,1-5H3,(H,28,30). The molecule has 0 spiro atoms. The molecule has 0 aliphatic carbocycles. The van der Waals surface area contributed by atoms with E-state index in [9.17, 15) is 4.79 Å². The number of anilines is 1. The number of fused-ring (bicyclic) bond motifs is 1. The molecule has 0 aliphatic heterocycles. The summed E-state index contributed by atoms with van der Waals surface area (Å²) in [7, 11) is 0. The number of aromatic nitrogens is 1. The SMILES string of the molecule is Cc1cc(C)c2oc(Cc3ccc(NC(=O)c4ccc(C(C)(C)C)cc4)cc3)nc2c1. The zero-order valence-corrected chi connectivity index (χ0v) is 18.7. The van der Waals surface area contributed by atoms with Crippen LogP contribution in [0, 0.1) is 13.8 Å². The number of benzene rings is 3. The highest BCUT2D eigenvalue weighted by Gasteiger charge is 2.14. The summed E-state index contributed by atoms with van der Waals surface area (Å²) in [6, 6.07) is 19.7. The van der Waals surface area contributed by atoms with E-state index in [4.69, 9.17) is 4.42 Å². The van der Waals surface area contributed by atoms with Crippen LogP contribution < -0.4 is 5.32 Å². The van der Waals surface area contributed by atoms with Crippen LogP contribution in [0.15, 0.2) is 65.1 Å². The van der Waals surface area contributed by atoms with Crippen LogP contribution in [0.25, 0.3) is 11.1 Å². The minimum atomic E-state index is -0.113. The summed E-state index contributed by atoms with van der Waals surface area (Å²) in [6.45, 7) is 10.6. The molecule has 0 saturated carbocycles. The Bertz CT molecular complexity index is 1230. The van der Waals surface area contributed by atoms with Crippen molar-refractivity contribution in [3.05, 3.63) is 94.4 Å². The van der Waals surface area contributed by atoms with Gasteiger partial charge in [-0.2, -0.15) is 0 Å². The van der Waals surface area contributed by atoms with Gasteiger partial charge in [0.05, 0.1) is 0 Å². The van der Waals surface area contributed by atoms with Crippen LogP contribution in [0.5, 0.6) is 0 Å². The molecule has 0 radical (unpaired) electrons. The van der Waals surface area contributed by atoms with Gasteiger partial charge in [-0.05, 0) is 71.8 Å². The van der Waals surface area contributed by atoms with Gasteiger partial charge in [0.25, 0.3) is 5.91 Å². The Hall–Kier alpha value is -3.40. The van der Waals surface area contributed by atoms with Crippen molar-refractivity contribution >= 4 is 22.7 Å². The zero-order valence-electron chi connectivity index (χ0n) is 18.7. The van der Waals surface area contributed by atoms with Crippen LogP contribution in [0.1, 0.15) is 59.3 Å². The normalized spacial score (nSPS) is 11.6. The second kappa shape index (κ2) is 8.03. The first-order chi connectivity index (χ1) is 14.7. The van der Waals surface area contributed by atoms with E-state index in [2.05, 4.69) is 44.1 Å². The maximum atomic E-state index is 12.6. The molecule has 1 N–H and O–H groups in total. The van der Waals surface area contributed by atoms with Gasteiger partial charge in [0.1, 0.15) is 5.52 Å². The number of nitrogens with zero attached hydrogens (tertiary/aromatic N) is 1. The molecule has 0 fully saturated rings. The number of aryl methyl sites for hydroxylation is 2. The number of nitrogens with one attached hydrogen (secondary N) is 1. The Morgan fingerprint density at radius 2 is 1.65 bits per heavy atom. The first-order valence-electron chi connectivity index (χ1n) is 10.6. The van der Waals surface area contributed by atoms with E-state index in [1.807, 2.05) is 61.5 Å². The second-order valence-electron chi connectivity index (χ2n) is 9.19. The highest BCUT2D eigenvalue weighted by atomic mass is 16.3. The van der Waals surface area contributed by atoms with Gasteiger partial charge >= 0.3 is 0 Å². The van der Waals surface area contributed by atoms with Gasteiger partial charge < -0.3 is 9.73 Å². The first-order valence-corrected chi connectivity index (χ1v) is 10.6. The third kappa shape index (κ3) is 4.69. The van der Waals surface area contributed by atoms with Crippen molar-refractivity contribution in [2.75, 3.05) is 5.32 Å². The van der Waals surface area contributed by atoms with Crippen molar-refractivity contribution in [1.29, 1.82) is 0 Å². The summed E-state index contributed by atoms with van der Waals surface area (Å²) in [5.41, 5.74) is 7.78. The minimum Gasteiger partial charge on any atom is -0.440 e. The molecule has 158 valence electrons. The van der Waals surface area contributed by atoms with Crippen molar-refractivity contribution in [1.82, 2.24) is 4.98 Å².